The first-order chi connectivity index (χ1) is 19.5. The van der Waals surface area contributed by atoms with E-state index in [-0.39, 0.29) is 43.1 Å². The molecule has 8 heteroatoms. The number of carbonyl (C=O) groups excluding carboxylic acids is 3. The van der Waals surface area contributed by atoms with E-state index in [1.165, 1.54) is 16.0 Å². The fourth-order valence-electron chi connectivity index (χ4n) is 7.13. The van der Waals surface area contributed by atoms with Crippen molar-refractivity contribution in [1.82, 2.24) is 20.0 Å². The van der Waals surface area contributed by atoms with Gasteiger partial charge in [-0.25, -0.2) is 4.39 Å². The molecule has 0 aliphatic carbocycles. The van der Waals surface area contributed by atoms with Gasteiger partial charge in [0.2, 0.25) is 11.8 Å². The van der Waals surface area contributed by atoms with E-state index in [2.05, 4.69) is 63.6 Å². The van der Waals surface area contributed by atoms with Crippen LogP contribution in [0, 0.1) is 5.82 Å². The van der Waals surface area contributed by atoms with Gasteiger partial charge in [0.05, 0.1) is 12.6 Å². The Morgan fingerprint density at radius 2 is 1.57 bits per heavy atom. The second-order valence-electron chi connectivity index (χ2n) is 11.4. The summed E-state index contributed by atoms with van der Waals surface area (Å²) in [6, 6.07) is 24.8. The third-order valence-corrected chi connectivity index (χ3v) is 9.06. The van der Waals surface area contributed by atoms with Crippen molar-refractivity contribution in [2.75, 3.05) is 13.1 Å². The van der Waals surface area contributed by atoms with Crippen LogP contribution in [0.1, 0.15) is 57.9 Å². The van der Waals surface area contributed by atoms with Gasteiger partial charge in [-0.3, -0.25) is 29.5 Å². The van der Waals surface area contributed by atoms with Crippen LogP contribution in [0.15, 0.2) is 72.8 Å². The van der Waals surface area contributed by atoms with E-state index in [0.717, 1.165) is 19.5 Å². The van der Waals surface area contributed by atoms with Crippen molar-refractivity contribution in [3.8, 4) is 0 Å². The van der Waals surface area contributed by atoms with Crippen LogP contribution in [0.5, 0.6) is 0 Å². The van der Waals surface area contributed by atoms with E-state index >= 15 is 4.39 Å². The number of halogens is 1. The number of amides is 3. The molecule has 0 saturated carbocycles. The lowest BCUT2D eigenvalue weighted by Gasteiger charge is -2.39. The molecule has 7 nitrogen and oxygen atoms in total. The topological polar surface area (TPSA) is 73.0 Å². The van der Waals surface area contributed by atoms with Crippen molar-refractivity contribution in [1.29, 1.82) is 0 Å². The van der Waals surface area contributed by atoms with Gasteiger partial charge < -0.3 is 4.90 Å². The minimum atomic E-state index is -0.747. The third kappa shape index (κ3) is 4.22. The zero-order valence-electron chi connectivity index (χ0n) is 22.1. The summed E-state index contributed by atoms with van der Waals surface area (Å²) >= 11 is 0. The normalized spacial score (nSPS) is 24.7. The monoisotopic (exact) mass is 538 g/mol. The van der Waals surface area contributed by atoms with E-state index in [9.17, 15) is 14.4 Å². The lowest BCUT2D eigenvalue weighted by molar-refractivity contribution is -0.136. The Labute approximate surface area is 232 Å². The maximum absolute atomic E-state index is 15.8. The highest BCUT2D eigenvalue weighted by molar-refractivity contribution is 6.05. The molecule has 3 atom stereocenters. The van der Waals surface area contributed by atoms with Gasteiger partial charge in [0.1, 0.15) is 11.9 Å². The Kier molecular flexibility index (Phi) is 6.24. The molecule has 1 unspecified atom stereocenters. The summed E-state index contributed by atoms with van der Waals surface area (Å²) < 4.78 is 15.8. The average Bonchev–Trinajstić information content (AvgIpc) is 3.65. The summed E-state index contributed by atoms with van der Waals surface area (Å²) in [4.78, 5) is 43.3. The molecule has 3 amide bonds. The highest BCUT2D eigenvalue weighted by atomic mass is 19.1. The number of likely N-dealkylation sites (tertiary alicyclic amines) is 2. The summed E-state index contributed by atoms with van der Waals surface area (Å²) in [5.74, 6) is -1.53. The molecule has 4 heterocycles. The molecule has 3 aromatic carbocycles. The Morgan fingerprint density at radius 1 is 0.875 bits per heavy atom. The van der Waals surface area contributed by atoms with Gasteiger partial charge in [0.25, 0.3) is 5.91 Å². The molecule has 3 fully saturated rings. The van der Waals surface area contributed by atoms with Gasteiger partial charge in [0, 0.05) is 54.8 Å². The quantitative estimate of drug-likeness (QED) is 0.486. The molecular weight excluding hydrogens is 507 g/mol. The number of carbonyl (C=O) groups is 3. The van der Waals surface area contributed by atoms with E-state index in [4.69, 9.17) is 0 Å². The number of nitrogens with one attached hydrogen (secondary N) is 1. The van der Waals surface area contributed by atoms with Crippen LogP contribution in [0.2, 0.25) is 0 Å². The van der Waals surface area contributed by atoms with Crippen molar-refractivity contribution in [3.05, 3.63) is 106 Å². The number of hydrogen-bond acceptors (Lipinski definition) is 5. The first-order valence-electron chi connectivity index (χ1n) is 14.0. The van der Waals surface area contributed by atoms with Gasteiger partial charge in [-0.15, -0.1) is 0 Å². The minimum Gasteiger partial charge on any atom is -0.322 e. The summed E-state index contributed by atoms with van der Waals surface area (Å²) in [5, 5.41) is 2.30. The second-order valence-corrected chi connectivity index (χ2v) is 11.4. The Morgan fingerprint density at radius 3 is 2.20 bits per heavy atom. The first-order valence-corrected chi connectivity index (χ1v) is 14.0. The van der Waals surface area contributed by atoms with Crippen LogP contribution in [0.25, 0.3) is 0 Å². The molecule has 3 saturated heterocycles. The number of imide groups is 1. The van der Waals surface area contributed by atoms with Crippen LogP contribution in [-0.4, -0.2) is 63.6 Å². The maximum atomic E-state index is 15.8. The minimum absolute atomic E-state index is 0.0514. The predicted octanol–water partition coefficient (Wildman–Crippen LogP) is 3.63. The molecule has 4 aliphatic rings. The predicted molar refractivity (Wildman–Crippen MR) is 146 cm³/mol. The maximum Gasteiger partial charge on any atom is 0.255 e. The molecule has 3 aromatic rings. The van der Waals surface area contributed by atoms with Crippen LogP contribution in [0.4, 0.5) is 4.39 Å². The molecule has 0 spiro atoms. The van der Waals surface area contributed by atoms with E-state index in [1.807, 2.05) is 12.1 Å². The third-order valence-electron chi connectivity index (χ3n) is 9.06. The van der Waals surface area contributed by atoms with Crippen molar-refractivity contribution in [2.24, 2.45) is 0 Å². The largest absolute Gasteiger partial charge is 0.322 e. The standard InChI is InChI=1S/C32H31FN4O3/c33-29-22(11-12-25-26(29)19-37(32(25)40)27-13-14-28(38)34-31(27)39)16-35-17-24-15-23(35)18-36(24)30(20-7-3-1-4-8-20)21-9-5-2-6-10-21/h1-12,23-24,27,30H,13-19H2,(H,34,38,39)/t23-,24-,27?/m0/s1. The van der Waals surface area contributed by atoms with Gasteiger partial charge in [-0.1, -0.05) is 66.7 Å². The molecule has 7 rings (SSSR count). The van der Waals surface area contributed by atoms with E-state index < -0.39 is 11.9 Å². The number of benzene rings is 3. The number of fused-ring (bicyclic) bond motifs is 3. The molecule has 0 radical (unpaired) electrons. The Balaban J connectivity index is 1.07. The number of piperazine rings is 1. The zero-order chi connectivity index (χ0) is 27.4. The van der Waals surface area contributed by atoms with E-state index in [0.29, 0.717) is 35.3 Å². The van der Waals surface area contributed by atoms with Gasteiger partial charge in [0.15, 0.2) is 0 Å². The van der Waals surface area contributed by atoms with Crippen molar-refractivity contribution < 1.29 is 18.8 Å². The van der Waals surface area contributed by atoms with Crippen molar-refractivity contribution in [3.63, 3.8) is 0 Å². The van der Waals surface area contributed by atoms with Crippen LogP contribution < -0.4 is 5.32 Å². The van der Waals surface area contributed by atoms with Crippen molar-refractivity contribution >= 4 is 17.7 Å². The van der Waals surface area contributed by atoms with Gasteiger partial charge >= 0.3 is 0 Å². The highest BCUT2D eigenvalue weighted by Gasteiger charge is 2.47. The first kappa shape index (κ1) is 25.1. The molecule has 0 aromatic heterocycles. The summed E-state index contributed by atoms with van der Waals surface area (Å²) in [5.41, 5.74) is 3.81. The second kappa shape index (κ2) is 9.94. The van der Waals surface area contributed by atoms with Gasteiger partial charge in [-0.2, -0.15) is 0 Å². The van der Waals surface area contributed by atoms with Crippen LogP contribution >= 0.6 is 0 Å². The fourth-order valence-corrected chi connectivity index (χ4v) is 7.13. The zero-order valence-corrected chi connectivity index (χ0v) is 22.1. The molecule has 4 aliphatic heterocycles. The van der Waals surface area contributed by atoms with Crippen LogP contribution in [-0.2, 0) is 22.7 Å². The number of piperidine rings is 1. The molecule has 2 bridgehead atoms. The molecule has 1 N–H and O–H groups in total. The van der Waals surface area contributed by atoms with Gasteiger partial charge in [-0.05, 0) is 30.0 Å². The highest BCUT2D eigenvalue weighted by Crippen LogP contribution is 2.41. The summed E-state index contributed by atoms with van der Waals surface area (Å²) in [6.45, 7) is 2.31. The lowest BCUT2D eigenvalue weighted by Crippen LogP contribution is -2.52. The average molecular weight is 539 g/mol. The smallest absolute Gasteiger partial charge is 0.255 e. The fraction of sp³-hybridized carbons (Fsp3) is 0.344. The van der Waals surface area contributed by atoms with Crippen LogP contribution in [0.3, 0.4) is 0 Å². The Bertz CT molecular complexity index is 1440. The SMILES string of the molecule is O=C1CCC(N2Cc3c(ccc(CN4C[C@@H]5C[C@H]4CN5C(c4ccccc4)c4ccccc4)c3F)C2=O)C(=O)N1. The molecule has 40 heavy (non-hydrogen) atoms. The molecule has 204 valence electrons. The Hall–Kier alpha value is -3.88. The van der Waals surface area contributed by atoms with Crippen molar-refractivity contribution in [2.45, 2.75) is 56.5 Å². The lowest BCUT2D eigenvalue weighted by atomic mass is 9.96. The van der Waals surface area contributed by atoms with E-state index in [1.54, 1.807) is 12.1 Å². The molecular formula is C32H31FN4O3. The summed E-state index contributed by atoms with van der Waals surface area (Å²) in [7, 11) is 0. The number of rotatable bonds is 6. The number of nitrogens with zero attached hydrogens (tertiary/aromatic N) is 3. The summed E-state index contributed by atoms with van der Waals surface area (Å²) in [6.07, 6.45) is 1.48. The number of hydrogen-bond donors (Lipinski definition) is 1.